The normalized spacial score (nSPS) is 9.73. The Morgan fingerprint density at radius 3 is 2.87 bits per heavy atom. The Labute approximate surface area is 87.3 Å². The average molecular weight is 211 g/mol. The fourth-order valence-electron chi connectivity index (χ4n) is 0.970. The van der Waals surface area contributed by atoms with E-state index in [1.54, 1.807) is 19.2 Å². The van der Waals surface area contributed by atoms with Crippen molar-refractivity contribution in [3.05, 3.63) is 29.8 Å². The molecule has 0 heterocycles. The zero-order valence-corrected chi connectivity index (χ0v) is 8.34. The summed E-state index contributed by atoms with van der Waals surface area (Å²) >= 11 is 0. The van der Waals surface area contributed by atoms with Crippen molar-refractivity contribution >= 4 is 6.03 Å². The Morgan fingerprint density at radius 2 is 2.27 bits per heavy atom. The molecule has 0 fully saturated rings. The predicted octanol–water partition coefficient (Wildman–Crippen LogP) is 0.381. The van der Waals surface area contributed by atoms with Gasteiger partial charge in [-0.3, -0.25) is 0 Å². The summed E-state index contributed by atoms with van der Waals surface area (Å²) in [5.74, 6) is 5.85. The SMILES string of the molecule is COc1cccc(CON(N)C(N)=O)c1. The quantitative estimate of drug-likeness (QED) is 0.428. The van der Waals surface area contributed by atoms with Crippen LogP contribution in [-0.2, 0) is 11.4 Å². The number of rotatable bonds is 4. The van der Waals surface area contributed by atoms with Crippen LogP contribution in [0.1, 0.15) is 5.56 Å². The number of urea groups is 1. The topological polar surface area (TPSA) is 90.8 Å². The summed E-state index contributed by atoms with van der Waals surface area (Å²) < 4.78 is 5.02. The molecule has 0 aliphatic carbocycles. The van der Waals surface area contributed by atoms with Crippen LogP contribution >= 0.6 is 0 Å². The van der Waals surface area contributed by atoms with Gasteiger partial charge in [-0.25, -0.2) is 15.5 Å². The Hall–Kier alpha value is -1.79. The van der Waals surface area contributed by atoms with Gasteiger partial charge in [0.15, 0.2) is 0 Å². The lowest BCUT2D eigenvalue weighted by atomic mass is 10.2. The van der Waals surface area contributed by atoms with Crippen molar-refractivity contribution in [1.29, 1.82) is 0 Å². The van der Waals surface area contributed by atoms with Crippen molar-refractivity contribution in [3.8, 4) is 5.75 Å². The van der Waals surface area contributed by atoms with Crippen LogP contribution in [0.4, 0.5) is 4.79 Å². The van der Waals surface area contributed by atoms with E-state index in [4.69, 9.17) is 21.2 Å². The molecule has 6 heteroatoms. The maximum Gasteiger partial charge on any atom is 0.353 e. The fraction of sp³-hybridized carbons (Fsp3) is 0.222. The zero-order chi connectivity index (χ0) is 11.3. The number of amides is 2. The lowest BCUT2D eigenvalue weighted by Crippen LogP contribution is -2.41. The number of carbonyl (C=O) groups is 1. The maximum atomic E-state index is 10.5. The number of hydroxylamine groups is 1. The van der Waals surface area contributed by atoms with E-state index < -0.39 is 6.03 Å². The standard InChI is InChI=1S/C9H13N3O3/c1-14-8-4-2-3-7(5-8)6-15-12(11)9(10)13/h2-5H,6,11H2,1H3,(H2,10,13). The molecule has 0 saturated carbocycles. The first kappa shape index (κ1) is 11.3. The number of hydrogen-bond acceptors (Lipinski definition) is 4. The first-order valence-electron chi connectivity index (χ1n) is 4.23. The van der Waals surface area contributed by atoms with Gasteiger partial charge in [-0.15, -0.1) is 5.17 Å². The Balaban J connectivity index is 2.53. The molecule has 1 aromatic carbocycles. The molecular formula is C9H13N3O3. The molecule has 0 aliphatic heterocycles. The van der Waals surface area contributed by atoms with Crippen LogP contribution in [0.15, 0.2) is 24.3 Å². The third-order valence-electron chi connectivity index (χ3n) is 1.72. The van der Waals surface area contributed by atoms with Crippen molar-refractivity contribution in [3.63, 3.8) is 0 Å². The number of nitrogens with zero attached hydrogens (tertiary/aromatic N) is 1. The summed E-state index contributed by atoms with van der Waals surface area (Å²) in [5, 5.41) is 0.486. The first-order valence-corrected chi connectivity index (χ1v) is 4.23. The average Bonchev–Trinajstić information content (AvgIpc) is 2.26. The lowest BCUT2D eigenvalue weighted by molar-refractivity contribution is -0.128. The second kappa shape index (κ2) is 5.18. The van der Waals surface area contributed by atoms with Crippen LogP contribution < -0.4 is 16.3 Å². The van der Waals surface area contributed by atoms with E-state index in [2.05, 4.69) is 0 Å². The van der Waals surface area contributed by atoms with Gasteiger partial charge in [-0.2, -0.15) is 0 Å². The van der Waals surface area contributed by atoms with Gasteiger partial charge in [-0.05, 0) is 17.7 Å². The summed E-state index contributed by atoms with van der Waals surface area (Å²) in [5.41, 5.74) is 5.69. The number of ether oxygens (including phenoxy) is 1. The summed E-state index contributed by atoms with van der Waals surface area (Å²) in [7, 11) is 1.57. The fourth-order valence-corrected chi connectivity index (χ4v) is 0.970. The third-order valence-corrected chi connectivity index (χ3v) is 1.72. The molecule has 1 aromatic rings. The van der Waals surface area contributed by atoms with E-state index >= 15 is 0 Å². The second-order valence-corrected chi connectivity index (χ2v) is 2.79. The Morgan fingerprint density at radius 1 is 1.53 bits per heavy atom. The summed E-state index contributed by atoms with van der Waals surface area (Å²) in [6.07, 6.45) is 0. The van der Waals surface area contributed by atoms with Crippen molar-refractivity contribution < 1.29 is 14.4 Å². The summed E-state index contributed by atoms with van der Waals surface area (Å²) in [4.78, 5) is 15.4. The number of methoxy groups -OCH3 is 1. The highest BCUT2D eigenvalue weighted by Crippen LogP contribution is 2.13. The zero-order valence-electron chi connectivity index (χ0n) is 8.34. The number of benzene rings is 1. The summed E-state index contributed by atoms with van der Waals surface area (Å²) in [6, 6.07) is 6.35. The Bertz CT molecular complexity index is 343. The largest absolute Gasteiger partial charge is 0.497 e. The molecule has 0 atom stereocenters. The van der Waals surface area contributed by atoms with Crippen LogP contribution in [-0.4, -0.2) is 18.3 Å². The molecule has 0 aromatic heterocycles. The van der Waals surface area contributed by atoms with Crippen LogP contribution in [0.3, 0.4) is 0 Å². The van der Waals surface area contributed by atoms with Crippen molar-refractivity contribution in [1.82, 2.24) is 5.17 Å². The monoisotopic (exact) mass is 211 g/mol. The predicted molar refractivity (Wildman–Crippen MR) is 53.4 cm³/mol. The van der Waals surface area contributed by atoms with Gasteiger partial charge in [0.25, 0.3) is 0 Å². The van der Waals surface area contributed by atoms with E-state index in [-0.39, 0.29) is 6.61 Å². The number of primary amides is 1. The smallest absolute Gasteiger partial charge is 0.353 e. The molecule has 0 radical (unpaired) electrons. The highest BCUT2D eigenvalue weighted by molar-refractivity contribution is 5.69. The van der Waals surface area contributed by atoms with Gasteiger partial charge in [-0.1, -0.05) is 12.1 Å². The van der Waals surface area contributed by atoms with Gasteiger partial charge >= 0.3 is 6.03 Å². The van der Waals surface area contributed by atoms with Crippen LogP contribution in [0.2, 0.25) is 0 Å². The van der Waals surface area contributed by atoms with E-state index in [1.807, 2.05) is 12.1 Å². The maximum absolute atomic E-state index is 10.5. The minimum absolute atomic E-state index is 0.149. The molecule has 0 unspecified atom stereocenters. The van der Waals surface area contributed by atoms with E-state index in [0.717, 1.165) is 5.56 Å². The lowest BCUT2D eigenvalue weighted by Gasteiger charge is -2.13. The van der Waals surface area contributed by atoms with Gasteiger partial charge in [0.2, 0.25) is 0 Å². The molecule has 4 N–H and O–H groups in total. The highest BCUT2D eigenvalue weighted by atomic mass is 16.7. The second-order valence-electron chi connectivity index (χ2n) is 2.79. The molecule has 0 saturated heterocycles. The minimum Gasteiger partial charge on any atom is -0.497 e. The van der Waals surface area contributed by atoms with Gasteiger partial charge in [0, 0.05) is 0 Å². The molecule has 0 bridgehead atoms. The third kappa shape index (κ3) is 3.45. The van der Waals surface area contributed by atoms with E-state index in [0.29, 0.717) is 10.9 Å². The van der Waals surface area contributed by atoms with E-state index in [1.165, 1.54) is 0 Å². The first-order chi connectivity index (χ1) is 7.13. The van der Waals surface area contributed by atoms with Crippen LogP contribution in [0.5, 0.6) is 5.75 Å². The molecule has 2 amide bonds. The molecule has 15 heavy (non-hydrogen) atoms. The Kier molecular flexibility index (Phi) is 3.90. The highest BCUT2D eigenvalue weighted by Gasteiger charge is 2.04. The van der Waals surface area contributed by atoms with Crippen molar-refractivity contribution in [2.75, 3.05) is 7.11 Å². The number of hydrogen-bond donors (Lipinski definition) is 2. The van der Waals surface area contributed by atoms with Crippen LogP contribution in [0.25, 0.3) is 0 Å². The molecule has 1 rings (SSSR count). The molecular weight excluding hydrogens is 198 g/mol. The van der Waals surface area contributed by atoms with Gasteiger partial charge in [0.05, 0.1) is 7.11 Å². The number of hydrazine groups is 1. The van der Waals surface area contributed by atoms with Gasteiger partial charge in [0.1, 0.15) is 12.4 Å². The molecule has 6 nitrogen and oxygen atoms in total. The minimum atomic E-state index is -0.849. The van der Waals surface area contributed by atoms with Crippen molar-refractivity contribution in [2.24, 2.45) is 11.6 Å². The van der Waals surface area contributed by atoms with E-state index in [9.17, 15) is 4.79 Å². The molecule has 0 aliphatic rings. The number of nitrogens with two attached hydrogens (primary N) is 2. The number of carbonyl (C=O) groups excluding carboxylic acids is 1. The van der Waals surface area contributed by atoms with Crippen molar-refractivity contribution in [2.45, 2.75) is 6.61 Å². The van der Waals surface area contributed by atoms with Gasteiger partial charge < -0.3 is 10.5 Å². The van der Waals surface area contributed by atoms with Crippen LogP contribution in [0, 0.1) is 0 Å². The molecule has 82 valence electrons. The molecule has 0 spiro atoms. The summed E-state index contributed by atoms with van der Waals surface area (Å²) in [6.45, 7) is 0.149.